The molecular weight excluding hydrogens is 379 g/mol. The first-order valence-corrected chi connectivity index (χ1v) is 10.1. The summed E-state index contributed by atoms with van der Waals surface area (Å²) in [6.07, 6.45) is 4.87. The molecule has 0 bridgehead atoms. The maximum absolute atomic E-state index is 12.2. The van der Waals surface area contributed by atoms with Crippen LogP contribution in [0, 0.1) is 0 Å². The number of hydrogen-bond donors (Lipinski definition) is 1. The van der Waals surface area contributed by atoms with E-state index >= 15 is 0 Å². The highest BCUT2D eigenvalue weighted by Gasteiger charge is 2.24. The van der Waals surface area contributed by atoms with Gasteiger partial charge >= 0.3 is 0 Å². The number of benzene rings is 1. The molecule has 25 heavy (non-hydrogen) atoms. The van der Waals surface area contributed by atoms with Crippen LogP contribution in [0.25, 0.3) is 0 Å². The molecule has 1 aliphatic rings. The maximum atomic E-state index is 12.2. The lowest BCUT2D eigenvalue weighted by atomic mass is 10.1. The zero-order valence-corrected chi connectivity index (χ0v) is 16.3. The second kappa shape index (κ2) is 8.43. The van der Waals surface area contributed by atoms with Crippen molar-refractivity contribution < 1.29 is 4.79 Å². The van der Waals surface area contributed by atoms with Gasteiger partial charge in [0.25, 0.3) is 0 Å². The van der Waals surface area contributed by atoms with Gasteiger partial charge < -0.3 is 9.88 Å². The third-order valence-electron chi connectivity index (χ3n) is 4.32. The molecule has 1 saturated carbocycles. The molecule has 0 atom stereocenters. The standard InChI is InChI=1S/C17H20Cl2N4OS/c1-2-23-16(11-5-3-4-6-11)21-22-17(23)25-10-15(24)20-14-8-7-12(18)9-13(14)19/h7-9,11H,2-6,10H2,1H3,(H,20,24). The molecule has 0 saturated heterocycles. The Morgan fingerprint density at radius 2 is 2.08 bits per heavy atom. The van der Waals surface area contributed by atoms with Gasteiger partial charge in [-0.1, -0.05) is 47.8 Å². The second-order valence-electron chi connectivity index (χ2n) is 6.03. The van der Waals surface area contributed by atoms with E-state index in [2.05, 4.69) is 27.0 Å². The number of carbonyl (C=O) groups is 1. The van der Waals surface area contributed by atoms with E-state index in [9.17, 15) is 4.79 Å². The highest BCUT2D eigenvalue weighted by molar-refractivity contribution is 7.99. The van der Waals surface area contributed by atoms with E-state index in [0.29, 0.717) is 21.7 Å². The Morgan fingerprint density at radius 3 is 2.76 bits per heavy atom. The van der Waals surface area contributed by atoms with Crippen molar-refractivity contribution >= 4 is 46.6 Å². The number of aromatic nitrogens is 3. The van der Waals surface area contributed by atoms with E-state index in [1.54, 1.807) is 18.2 Å². The van der Waals surface area contributed by atoms with Crippen LogP contribution in [-0.4, -0.2) is 26.4 Å². The molecule has 5 nitrogen and oxygen atoms in total. The average molecular weight is 399 g/mol. The summed E-state index contributed by atoms with van der Waals surface area (Å²) in [5.74, 6) is 1.68. The Kier molecular flexibility index (Phi) is 6.25. The third-order valence-corrected chi connectivity index (χ3v) is 5.83. The Labute approximate surface area is 161 Å². The second-order valence-corrected chi connectivity index (χ2v) is 7.81. The van der Waals surface area contributed by atoms with E-state index in [-0.39, 0.29) is 11.7 Å². The predicted octanol–water partition coefficient (Wildman–Crippen LogP) is 4.99. The van der Waals surface area contributed by atoms with E-state index in [0.717, 1.165) is 17.5 Å². The van der Waals surface area contributed by atoms with Crippen LogP contribution in [0.4, 0.5) is 5.69 Å². The SMILES string of the molecule is CCn1c(SCC(=O)Nc2ccc(Cl)cc2Cl)nnc1C1CCCC1. The first kappa shape index (κ1) is 18.5. The van der Waals surface area contributed by atoms with Crippen LogP contribution >= 0.6 is 35.0 Å². The van der Waals surface area contributed by atoms with Crippen LogP contribution < -0.4 is 5.32 Å². The van der Waals surface area contributed by atoms with Crippen LogP contribution in [0.15, 0.2) is 23.4 Å². The smallest absolute Gasteiger partial charge is 0.234 e. The summed E-state index contributed by atoms with van der Waals surface area (Å²) in [5.41, 5.74) is 0.556. The summed E-state index contributed by atoms with van der Waals surface area (Å²) in [7, 11) is 0. The van der Waals surface area contributed by atoms with Crippen molar-refractivity contribution in [3.05, 3.63) is 34.1 Å². The van der Waals surface area contributed by atoms with Crippen LogP contribution in [0.5, 0.6) is 0 Å². The van der Waals surface area contributed by atoms with Crippen LogP contribution in [-0.2, 0) is 11.3 Å². The van der Waals surface area contributed by atoms with Crippen molar-refractivity contribution in [2.45, 2.75) is 50.2 Å². The van der Waals surface area contributed by atoms with Gasteiger partial charge in [0.1, 0.15) is 5.82 Å². The van der Waals surface area contributed by atoms with E-state index < -0.39 is 0 Å². The quantitative estimate of drug-likeness (QED) is 0.695. The number of halogens is 2. The molecule has 1 amide bonds. The fourth-order valence-corrected chi connectivity index (χ4v) is 4.36. The van der Waals surface area contributed by atoms with Gasteiger partial charge in [0.05, 0.1) is 16.5 Å². The normalized spacial score (nSPS) is 14.8. The van der Waals surface area contributed by atoms with Gasteiger partial charge in [-0.25, -0.2) is 0 Å². The molecule has 1 fully saturated rings. The molecule has 1 aliphatic carbocycles. The minimum absolute atomic E-state index is 0.137. The molecule has 1 aromatic carbocycles. The molecule has 8 heteroatoms. The first-order valence-electron chi connectivity index (χ1n) is 8.39. The average Bonchev–Trinajstić information content (AvgIpc) is 3.24. The first-order chi connectivity index (χ1) is 12.1. The molecule has 0 radical (unpaired) electrons. The highest BCUT2D eigenvalue weighted by atomic mass is 35.5. The van der Waals surface area contributed by atoms with Crippen LogP contribution in [0.3, 0.4) is 0 Å². The summed E-state index contributed by atoms with van der Waals surface area (Å²) < 4.78 is 2.13. The fourth-order valence-electron chi connectivity index (χ4n) is 3.10. The summed E-state index contributed by atoms with van der Waals surface area (Å²) in [6, 6.07) is 4.99. The van der Waals surface area contributed by atoms with Crippen molar-refractivity contribution in [3.8, 4) is 0 Å². The molecule has 3 rings (SSSR count). The van der Waals surface area contributed by atoms with E-state index in [4.69, 9.17) is 23.2 Å². The number of carbonyl (C=O) groups excluding carboxylic acids is 1. The molecule has 1 N–H and O–H groups in total. The minimum atomic E-state index is -0.137. The molecule has 0 aliphatic heterocycles. The third kappa shape index (κ3) is 4.49. The Bertz CT molecular complexity index is 759. The number of hydrogen-bond acceptors (Lipinski definition) is 4. The summed E-state index contributed by atoms with van der Waals surface area (Å²) >= 11 is 13.3. The summed E-state index contributed by atoms with van der Waals surface area (Å²) in [5, 5.41) is 13.2. The largest absolute Gasteiger partial charge is 0.324 e. The molecule has 0 unspecified atom stereocenters. The van der Waals surface area contributed by atoms with Crippen LogP contribution in [0.1, 0.15) is 44.3 Å². The minimum Gasteiger partial charge on any atom is -0.324 e. The van der Waals surface area contributed by atoms with Gasteiger partial charge in [-0.2, -0.15) is 0 Å². The van der Waals surface area contributed by atoms with Gasteiger partial charge in [0, 0.05) is 17.5 Å². The summed E-state index contributed by atoms with van der Waals surface area (Å²) in [6.45, 7) is 2.89. The highest BCUT2D eigenvalue weighted by Crippen LogP contribution is 2.34. The van der Waals surface area contributed by atoms with E-state index in [1.807, 2.05) is 0 Å². The van der Waals surface area contributed by atoms with Crippen molar-refractivity contribution in [1.82, 2.24) is 14.8 Å². The van der Waals surface area contributed by atoms with Crippen molar-refractivity contribution in [1.29, 1.82) is 0 Å². The maximum Gasteiger partial charge on any atom is 0.234 e. The van der Waals surface area contributed by atoms with E-state index in [1.165, 1.54) is 37.4 Å². The molecular formula is C17H20Cl2N4OS. The number of thioether (sulfide) groups is 1. The number of rotatable bonds is 6. The lowest BCUT2D eigenvalue weighted by Gasteiger charge is -2.11. The molecule has 1 aromatic heterocycles. The van der Waals surface area contributed by atoms with Crippen LogP contribution in [0.2, 0.25) is 10.0 Å². The summed E-state index contributed by atoms with van der Waals surface area (Å²) in [4.78, 5) is 12.2. The van der Waals surface area contributed by atoms with Gasteiger partial charge in [-0.15, -0.1) is 10.2 Å². The van der Waals surface area contributed by atoms with Gasteiger partial charge in [-0.3, -0.25) is 4.79 Å². The van der Waals surface area contributed by atoms with Gasteiger partial charge in [0.15, 0.2) is 5.16 Å². The molecule has 134 valence electrons. The van der Waals surface area contributed by atoms with Crippen molar-refractivity contribution in [3.63, 3.8) is 0 Å². The lowest BCUT2D eigenvalue weighted by Crippen LogP contribution is -2.15. The molecule has 0 spiro atoms. The number of nitrogens with one attached hydrogen (secondary N) is 1. The zero-order valence-electron chi connectivity index (χ0n) is 14.0. The molecule has 2 aromatic rings. The van der Waals surface area contributed by atoms with Gasteiger partial charge in [0.2, 0.25) is 5.91 Å². The fraction of sp³-hybridized carbons (Fsp3) is 0.471. The molecule has 1 heterocycles. The monoisotopic (exact) mass is 398 g/mol. The lowest BCUT2D eigenvalue weighted by molar-refractivity contribution is -0.113. The number of amides is 1. The topological polar surface area (TPSA) is 59.8 Å². The predicted molar refractivity (Wildman–Crippen MR) is 103 cm³/mol. The number of nitrogens with zero attached hydrogens (tertiary/aromatic N) is 3. The zero-order chi connectivity index (χ0) is 17.8. The Morgan fingerprint density at radius 1 is 1.32 bits per heavy atom. The Balaban J connectivity index is 1.62. The van der Waals surface area contributed by atoms with Gasteiger partial charge in [-0.05, 0) is 38.0 Å². The Hall–Kier alpha value is -1.24. The number of anilines is 1. The van der Waals surface area contributed by atoms with Crippen molar-refractivity contribution in [2.75, 3.05) is 11.1 Å². The van der Waals surface area contributed by atoms with Crippen molar-refractivity contribution in [2.24, 2.45) is 0 Å².